The van der Waals surface area contributed by atoms with E-state index in [2.05, 4.69) is 27.4 Å². The van der Waals surface area contributed by atoms with E-state index in [1.165, 1.54) is 12.8 Å². The molecule has 0 spiro atoms. The highest BCUT2D eigenvalue weighted by atomic mass is 127. The quantitative estimate of drug-likeness (QED) is 0.165. The van der Waals surface area contributed by atoms with Gasteiger partial charge in [0.05, 0.1) is 19.8 Å². The van der Waals surface area contributed by atoms with Gasteiger partial charge in [0.1, 0.15) is 0 Å². The van der Waals surface area contributed by atoms with E-state index in [1.54, 1.807) is 7.11 Å². The summed E-state index contributed by atoms with van der Waals surface area (Å²) in [6, 6.07) is 0.758. The van der Waals surface area contributed by atoms with Crippen molar-refractivity contribution < 1.29 is 14.2 Å². The minimum absolute atomic E-state index is 0. The Balaban J connectivity index is 0.00000364. The molecular formula is C19H39IN4O3. The molecule has 8 heteroatoms. The zero-order valence-corrected chi connectivity index (χ0v) is 19.4. The van der Waals surface area contributed by atoms with Crippen LogP contribution in [-0.2, 0) is 14.2 Å². The number of aliphatic imine (C=N–C) groups is 1. The van der Waals surface area contributed by atoms with Gasteiger partial charge in [0.25, 0.3) is 0 Å². The third-order valence-electron chi connectivity index (χ3n) is 4.78. The summed E-state index contributed by atoms with van der Waals surface area (Å²) in [5.41, 5.74) is 0. The Bertz CT molecular complexity index is 391. The second-order valence-corrected chi connectivity index (χ2v) is 7.11. The molecule has 2 aliphatic rings. The molecule has 2 N–H and O–H groups in total. The number of halogens is 1. The Hall–Kier alpha value is -0.160. The Morgan fingerprint density at radius 3 is 2.70 bits per heavy atom. The highest BCUT2D eigenvalue weighted by Gasteiger charge is 2.28. The zero-order chi connectivity index (χ0) is 18.5. The minimum Gasteiger partial charge on any atom is -0.383 e. The van der Waals surface area contributed by atoms with E-state index in [1.807, 2.05) is 0 Å². The Kier molecular flexibility index (Phi) is 14.5. The van der Waals surface area contributed by atoms with Crippen molar-refractivity contribution in [3.8, 4) is 0 Å². The molecule has 0 amide bonds. The van der Waals surface area contributed by atoms with Crippen LogP contribution in [0.5, 0.6) is 0 Å². The fourth-order valence-electron chi connectivity index (χ4n) is 3.11. The summed E-state index contributed by atoms with van der Waals surface area (Å²) in [5, 5.41) is 6.76. The summed E-state index contributed by atoms with van der Waals surface area (Å²) >= 11 is 0. The highest BCUT2D eigenvalue weighted by Crippen LogP contribution is 2.25. The number of rotatable bonds is 14. The predicted molar refractivity (Wildman–Crippen MR) is 120 cm³/mol. The lowest BCUT2D eigenvalue weighted by molar-refractivity contribution is 0.0893. The first kappa shape index (κ1) is 24.9. The maximum atomic E-state index is 5.73. The Labute approximate surface area is 182 Å². The second kappa shape index (κ2) is 15.7. The van der Waals surface area contributed by atoms with Crippen molar-refractivity contribution in [1.29, 1.82) is 0 Å². The number of hydrogen-bond acceptors (Lipinski definition) is 5. The smallest absolute Gasteiger partial charge is 0.191 e. The van der Waals surface area contributed by atoms with E-state index < -0.39 is 0 Å². The van der Waals surface area contributed by atoms with Gasteiger partial charge in [-0.05, 0) is 32.6 Å². The van der Waals surface area contributed by atoms with Gasteiger partial charge in [-0.15, -0.1) is 24.0 Å². The van der Waals surface area contributed by atoms with Gasteiger partial charge < -0.3 is 24.8 Å². The first-order valence-electron chi connectivity index (χ1n) is 10.2. The van der Waals surface area contributed by atoms with E-state index in [0.29, 0.717) is 5.92 Å². The molecule has 0 radical (unpaired) electrons. The number of nitrogens with one attached hydrogen (secondary N) is 2. The minimum atomic E-state index is 0. The van der Waals surface area contributed by atoms with Gasteiger partial charge in [0.15, 0.2) is 5.96 Å². The third kappa shape index (κ3) is 11.4. The molecule has 1 saturated carbocycles. The summed E-state index contributed by atoms with van der Waals surface area (Å²) in [6.07, 6.45) is 4.73. The lowest BCUT2D eigenvalue weighted by Gasteiger charge is -2.22. The lowest BCUT2D eigenvalue weighted by Crippen LogP contribution is -2.42. The van der Waals surface area contributed by atoms with Crippen LogP contribution >= 0.6 is 24.0 Å². The zero-order valence-electron chi connectivity index (χ0n) is 17.1. The summed E-state index contributed by atoms with van der Waals surface area (Å²) < 4.78 is 16.3. The van der Waals surface area contributed by atoms with Gasteiger partial charge in [0, 0.05) is 65.0 Å². The van der Waals surface area contributed by atoms with Crippen molar-refractivity contribution in [2.45, 2.75) is 38.6 Å². The number of methoxy groups -OCH3 is 1. The average molecular weight is 498 g/mol. The van der Waals surface area contributed by atoms with E-state index in [-0.39, 0.29) is 24.0 Å². The van der Waals surface area contributed by atoms with Crippen LogP contribution in [0.15, 0.2) is 4.99 Å². The van der Waals surface area contributed by atoms with E-state index in [4.69, 9.17) is 14.2 Å². The largest absolute Gasteiger partial charge is 0.383 e. The summed E-state index contributed by atoms with van der Waals surface area (Å²) in [7, 11) is 1.77. The number of hydrogen-bond donors (Lipinski definition) is 2. The van der Waals surface area contributed by atoms with Gasteiger partial charge in [-0.2, -0.15) is 0 Å². The van der Waals surface area contributed by atoms with Crippen LogP contribution in [0.2, 0.25) is 0 Å². The van der Waals surface area contributed by atoms with Gasteiger partial charge in [-0.1, -0.05) is 0 Å². The molecule has 0 aromatic carbocycles. The molecule has 160 valence electrons. The van der Waals surface area contributed by atoms with Crippen molar-refractivity contribution in [3.63, 3.8) is 0 Å². The molecule has 1 aliphatic carbocycles. The summed E-state index contributed by atoms with van der Waals surface area (Å²) in [4.78, 5) is 7.16. The Morgan fingerprint density at radius 1 is 1.19 bits per heavy atom. The molecule has 1 saturated heterocycles. The first-order valence-corrected chi connectivity index (χ1v) is 10.2. The van der Waals surface area contributed by atoms with Crippen LogP contribution in [0, 0.1) is 5.92 Å². The third-order valence-corrected chi connectivity index (χ3v) is 4.78. The predicted octanol–water partition coefficient (Wildman–Crippen LogP) is 1.71. The summed E-state index contributed by atoms with van der Waals surface area (Å²) in [5.74, 6) is 1.49. The van der Waals surface area contributed by atoms with Crippen LogP contribution in [0.3, 0.4) is 0 Å². The number of nitrogens with zero attached hydrogens (tertiary/aromatic N) is 2. The topological polar surface area (TPSA) is 67.4 Å². The van der Waals surface area contributed by atoms with Crippen LogP contribution in [0.1, 0.15) is 32.6 Å². The SMILES string of the molecule is CCNC(=NCCCOCC1CCOC1)NCCN(CCOC)C1CC1.I. The van der Waals surface area contributed by atoms with Crippen molar-refractivity contribution in [1.82, 2.24) is 15.5 Å². The molecule has 7 nitrogen and oxygen atoms in total. The van der Waals surface area contributed by atoms with Crippen LogP contribution in [0.25, 0.3) is 0 Å². The van der Waals surface area contributed by atoms with Gasteiger partial charge in [-0.25, -0.2) is 0 Å². The molecule has 0 bridgehead atoms. The number of ether oxygens (including phenoxy) is 3. The molecule has 1 heterocycles. The van der Waals surface area contributed by atoms with E-state index in [0.717, 1.165) is 90.6 Å². The molecule has 2 fully saturated rings. The molecule has 1 atom stereocenters. The highest BCUT2D eigenvalue weighted by molar-refractivity contribution is 14.0. The normalized spacial score (nSPS) is 20.0. The molecule has 1 unspecified atom stereocenters. The van der Waals surface area contributed by atoms with Crippen LogP contribution in [-0.4, -0.2) is 89.8 Å². The fraction of sp³-hybridized carbons (Fsp3) is 0.947. The standard InChI is InChI=1S/C19H38N4O3.HI/c1-3-20-19(21-8-4-12-25-15-17-7-13-26-16-17)22-9-10-23(11-14-24-2)18-5-6-18;/h17-18H,3-16H2,1-2H3,(H2,20,21,22);1H. The molecule has 0 aromatic heterocycles. The van der Waals surface area contributed by atoms with Gasteiger partial charge in [0.2, 0.25) is 0 Å². The average Bonchev–Trinajstić information content (AvgIpc) is 3.36. The molecule has 27 heavy (non-hydrogen) atoms. The van der Waals surface area contributed by atoms with Gasteiger partial charge >= 0.3 is 0 Å². The van der Waals surface area contributed by atoms with Crippen molar-refractivity contribution >= 4 is 29.9 Å². The number of guanidine groups is 1. The fourth-order valence-corrected chi connectivity index (χ4v) is 3.11. The van der Waals surface area contributed by atoms with Crippen molar-refractivity contribution in [2.75, 3.05) is 72.9 Å². The van der Waals surface area contributed by atoms with E-state index >= 15 is 0 Å². The van der Waals surface area contributed by atoms with Gasteiger partial charge in [-0.3, -0.25) is 9.89 Å². The van der Waals surface area contributed by atoms with Crippen molar-refractivity contribution in [2.24, 2.45) is 10.9 Å². The second-order valence-electron chi connectivity index (χ2n) is 7.11. The molecular weight excluding hydrogens is 459 g/mol. The molecule has 1 aliphatic heterocycles. The first-order chi connectivity index (χ1) is 12.8. The maximum Gasteiger partial charge on any atom is 0.191 e. The van der Waals surface area contributed by atoms with Crippen LogP contribution in [0.4, 0.5) is 0 Å². The lowest BCUT2D eigenvalue weighted by atomic mass is 10.1. The maximum absolute atomic E-state index is 5.73. The summed E-state index contributed by atoms with van der Waals surface area (Å²) in [6.45, 7) is 10.8. The Morgan fingerprint density at radius 2 is 2.04 bits per heavy atom. The monoisotopic (exact) mass is 498 g/mol. The van der Waals surface area contributed by atoms with Crippen molar-refractivity contribution in [3.05, 3.63) is 0 Å². The molecule has 2 rings (SSSR count). The van der Waals surface area contributed by atoms with Crippen LogP contribution < -0.4 is 10.6 Å². The molecule has 0 aromatic rings. The van der Waals surface area contributed by atoms with E-state index in [9.17, 15) is 0 Å².